The fraction of sp³-hybridized carbons (Fsp3) is 0.100. The maximum Gasteiger partial charge on any atom is 0.0455 e. The summed E-state index contributed by atoms with van der Waals surface area (Å²) in [5.74, 6) is 0. The Labute approximate surface area is 71.3 Å². The van der Waals surface area contributed by atoms with Crippen molar-refractivity contribution in [2.75, 3.05) is 0 Å². The molecule has 1 N–H and O–H groups in total. The van der Waals surface area contributed by atoms with Gasteiger partial charge in [0.25, 0.3) is 0 Å². The lowest BCUT2D eigenvalue weighted by Crippen LogP contribution is -1.81. The zero-order valence-corrected chi connectivity index (χ0v) is 6.91. The third kappa shape index (κ3) is 1.23. The highest BCUT2D eigenvalue weighted by Crippen LogP contribution is 2.15. The summed E-state index contributed by atoms with van der Waals surface area (Å²) in [6.45, 7) is 1.99. The van der Waals surface area contributed by atoms with E-state index in [-0.39, 0.29) is 0 Å². The van der Waals surface area contributed by atoms with Crippen molar-refractivity contribution in [1.29, 1.82) is 0 Å². The number of aromatic nitrogens is 2. The summed E-state index contributed by atoms with van der Waals surface area (Å²) < 4.78 is 0. The van der Waals surface area contributed by atoms with E-state index in [1.807, 2.05) is 31.5 Å². The second kappa shape index (κ2) is 2.81. The molecule has 0 radical (unpaired) electrons. The van der Waals surface area contributed by atoms with Crippen molar-refractivity contribution in [2.24, 2.45) is 0 Å². The molecule has 2 heterocycles. The van der Waals surface area contributed by atoms with Gasteiger partial charge >= 0.3 is 0 Å². The van der Waals surface area contributed by atoms with Crippen LogP contribution in [0.25, 0.3) is 11.3 Å². The molecule has 2 aromatic heterocycles. The Morgan fingerprint density at radius 1 is 1.33 bits per heavy atom. The van der Waals surface area contributed by atoms with Gasteiger partial charge in [0.15, 0.2) is 0 Å². The monoisotopic (exact) mass is 158 g/mol. The number of aryl methyl sites for hydroxylation is 1. The van der Waals surface area contributed by atoms with E-state index in [1.165, 1.54) is 5.56 Å². The average molecular weight is 158 g/mol. The van der Waals surface area contributed by atoms with Crippen molar-refractivity contribution in [3.05, 3.63) is 42.4 Å². The second-order valence-electron chi connectivity index (χ2n) is 2.77. The highest BCUT2D eigenvalue weighted by Gasteiger charge is 1.96. The van der Waals surface area contributed by atoms with Gasteiger partial charge in [-0.05, 0) is 31.2 Å². The summed E-state index contributed by atoms with van der Waals surface area (Å²) in [5, 5.41) is 0. The van der Waals surface area contributed by atoms with Crippen LogP contribution in [0, 0.1) is 6.92 Å². The molecule has 0 amide bonds. The summed E-state index contributed by atoms with van der Waals surface area (Å²) in [6, 6.07) is 8.10. The third-order valence-electron chi connectivity index (χ3n) is 1.81. The molecule has 0 aliphatic carbocycles. The van der Waals surface area contributed by atoms with E-state index in [4.69, 9.17) is 0 Å². The molecule has 0 aliphatic rings. The van der Waals surface area contributed by atoms with Gasteiger partial charge in [-0.2, -0.15) is 0 Å². The van der Waals surface area contributed by atoms with Crippen LogP contribution >= 0.6 is 0 Å². The molecule has 0 aliphatic heterocycles. The maximum atomic E-state index is 4.14. The fourth-order valence-corrected chi connectivity index (χ4v) is 1.22. The van der Waals surface area contributed by atoms with Crippen LogP contribution in [0.4, 0.5) is 0 Å². The lowest BCUT2D eigenvalue weighted by Gasteiger charge is -1.97. The van der Waals surface area contributed by atoms with E-state index < -0.39 is 0 Å². The van der Waals surface area contributed by atoms with E-state index in [0.717, 1.165) is 11.4 Å². The summed E-state index contributed by atoms with van der Waals surface area (Å²) in [7, 11) is 0. The fourth-order valence-electron chi connectivity index (χ4n) is 1.22. The number of pyridine rings is 1. The zero-order chi connectivity index (χ0) is 8.39. The quantitative estimate of drug-likeness (QED) is 0.678. The standard InChI is InChI=1S/C10H10N2/c1-8-7-9(4-6-11-8)10-3-2-5-12-10/h2-7,12H,1H3. The molecule has 0 atom stereocenters. The minimum absolute atomic E-state index is 1.04. The molecule has 2 rings (SSSR count). The molecular formula is C10H10N2. The van der Waals surface area contributed by atoms with Crippen molar-refractivity contribution in [1.82, 2.24) is 9.97 Å². The van der Waals surface area contributed by atoms with Crippen LogP contribution in [-0.4, -0.2) is 9.97 Å². The normalized spacial score (nSPS) is 10.1. The summed E-state index contributed by atoms with van der Waals surface area (Å²) in [6.07, 6.45) is 3.75. The molecule has 2 aromatic rings. The molecule has 0 saturated heterocycles. The van der Waals surface area contributed by atoms with Gasteiger partial charge in [0.2, 0.25) is 0 Å². The van der Waals surface area contributed by atoms with Crippen LogP contribution < -0.4 is 0 Å². The van der Waals surface area contributed by atoms with Gasteiger partial charge in [0, 0.05) is 29.3 Å². The molecular weight excluding hydrogens is 148 g/mol. The zero-order valence-electron chi connectivity index (χ0n) is 6.91. The number of hydrogen-bond acceptors (Lipinski definition) is 1. The van der Waals surface area contributed by atoms with Crippen LogP contribution in [0.2, 0.25) is 0 Å². The largest absolute Gasteiger partial charge is 0.361 e. The number of nitrogens with zero attached hydrogens (tertiary/aromatic N) is 1. The van der Waals surface area contributed by atoms with E-state index in [9.17, 15) is 0 Å². The van der Waals surface area contributed by atoms with Crippen molar-refractivity contribution >= 4 is 0 Å². The SMILES string of the molecule is Cc1cc(-c2ccc[nH]2)ccn1. The van der Waals surface area contributed by atoms with Gasteiger partial charge in [-0.25, -0.2) is 0 Å². The van der Waals surface area contributed by atoms with Crippen molar-refractivity contribution in [3.8, 4) is 11.3 Å². The Kier molecular flexibility index (Phi) is 1.67. The van der Waals surface area contributed by atoms with Gasteiger partial charge in [0.1, 0.15) is 0 Å². The predicted octanol–water partition coefficient (Wildman–Crippen LogP) is 2.39. The van der Waals surface area contributed by atoms with Crippen LogP contribution in [0.15, 0.2) is 36.7 Å². The van der Waals surface area contributed by atoms with Crippen LogP contribution in [0.5, 0.6) is 0 Å². The average Bonchev–Trinajstić information content (AvgIpc) is 2.56. The number of rotatable bonds is 1. The van der Waals surface area contributed by atoms with E-state index in [2.05, 4.69) is 22.1 Å². The molecule has 0 unspecified atom stereocenters. The minimum Gasteiger partial charge on any atom is -0.361 e. The summed E-state index contributed by atoms with van der Waals surface area (Å²) >= 11 is 0. The first kappa shape index (κ1) is 7.10. The van der Waals surface area contributed by atoms with Crippen molar-refractivity contribution in [2.45, 2.75) is 6.92 Å². The number of aromatic amines is 1. The van der Waals surface area contributed by atoms with Gasteiger partial charge in [-0.15, -0.1) is 0 Å². The Morgan fingerprint density at radius 2 is 2.25 bits per heavy atom. The van der Waals surface area contributed by atoms with Crippen molar-refractivity contribution in [3.63, 3.8) is 0 Å². The maximum absolute atomic E-state index is 4.14. The smallest absolute Gasteiger partial charge is 0.0455 e. The molecule has 0 aromatic carbocycles. The predicted molar refractivity (Wildman–Crippen MR) is 48.8 cm³/mol. The Morgan fingerprint density at radius 3 is 2.92 bits per heavy atom. The lowest BCUT2D eigenvalue weighted by atomic mass is 10.2. The first-order valence-corrected chi connectivity index (χ1v) is 3.93. The molecule has 0 saturated carbocycles. The third-order valence-corrected chi connectivity index (χ3v) is 1.81. The molecule has 0 spiro atoms. The van der Waals surface area contributed by atoms with Crippen LogP contribution in [0.1, 0.15) is 5.69 Å². The van der Waals surface area contributed by atoms with E-state index in [0.29, 0.717) is 0 Å². The highest BCUT2D eigenvalue weighted by molar-refractivity contribution is 5.58. The lowest BCUT2D eigenvalue weighted by molar-refractivity contribution is 1.20. The Bertz CT molecular complexity index is 363. The summed E-state index contributed by atoms with van der Waals surface area (Å²) in [5.41, 5.74) is 3.37. The molecule has 0 fully saturated rings. The van der Waals surface area contributed by atoms with E-state index in [1.54, 1.807) is 0 Å². The number of hydrogen-bond donors (Lipinski definition) is 1. The topological polar surface area (TPSA) is 28.7 Å². The first-order chi connectivity index (χ1) is 5.86. The Hall–Kier alpha value is -1.57. The molecule has 0 bridgehead atoms. The van der Waals surface area contributed by atoms with Crippen LogP contribution in [0.3, 0.4) is 0 Å². The first-order valence-electron chi connectivity index (χ1n) is 3.93. The number of H-pyrrole nitrogens is 1. The van der Waals surface area contributed by atoms with E-state index >= 15 is 0 Å². The van der Waals surface area contributed by atoms with Crippen LogP contribution in [-0.2, 0) is 0 Å². The number of nitrogens with one attached hydrogen (secondary N) is 1. The molecule has 60 valence electrons. The molecule has 2 heteroatoms. The molecule has 2 nitrogen and oxygen atoms in total. The van der Waals surface area contributed by atoms with Gasteiger partial charge in [-0.3, -0.25) is 4.98 Å². The van der Waals surface area contributed by atoms with Gasteiger partial charge in [0.05, 0.1) is 0 Å². The second-order valence-corrected chi connectivity index (χ2v) is 2.77. The molecule has 12 heavy (non-hydrogen) atoms. The van der Waals surface area contributed by atoms with Gasteiger partial charge in [-0.1, -0.05) is 0 Å². The minimum atomic E-state index is 1.04. The Balaban J connectivity index is 2.48. The van der Waals surface area contributed by atoms with Gasteiger partial charge < -0.3 is 4.98 Å². The van der Waals surface area contributed by atoms with Crippen molar-refractivity contribution < 1.29 is 0 Å². The highest BCUT2D eigenvalue weighted by atomic mass is 14.7. The summed E-state index contributed by atoms with van der Waals surface area (Å²) in [4.78, 5) is 7.29.